The van der Waals surface area contributed by atoms with Crippen molar-refractivity contribution in [1.82, 2.24) is 29.5 Å². The molecule has 0 aliphatic carbocycles. The molecule has 0 N–H and O–H groups in total. The first kappa shape index (κ1) is 21.7. The van der Waals surface area contributed by atoms with Gasteiger partial charge in [0.05, 0.1) is 29.1 Å². The summed E-state index contributed by atoms with van der Waals surface area (Å²) in [6.07, 6.45) is 3.60. The van der Waals surface area contributed by atoms with Gasteiger partial charge < -0.3 is 9.47 Å². The number of hydrogen-bond acceptors (Lipinski definition) is 8. The highest BCUT2D eigenvalue weighted by Crippen LogP contribution is 2.35. The van der Waals surface area contributed by atoms with Gasteiger partial charge in [-0.15, -0.1) is 5.10 Å². The van der Waals surface area contributed by atoms with Gasteiger partial charge in [0, 0.05) is 25.8 Å². The summed E-state index contributed by atoms with van der Waals surface area (Å²) in [4.78, 5) is 19.2. The van der Waals surface area contributed by atoms with E-state index in [1.807, 2.05) is 6.92 Å². The largest absolute Gasteiger partial charge is 0.472 e. The maximum atomic E-state index is 11.6. The normalized spacial score (nSPS) is 19.1. The second-order valence-electron chi connectivity index (χ2n) is 7.39. The van der Waals surface area contributed by atoms with Crippen LogP contribution in [0.2, 0.25) is 10.4 Å². The smallest absolute Gasteiger partial charge is 0.352 e. The molecule has 4 rings (SSSR count). The first-order valence-corrected chi connectivity index (χ1v) is 10.6. The second kappa shape index (κ2) is 8.93. The van der Waals surface area contributed by atoms with Gasteiger partial charge in [0.25, 0.3) is 0 Å². The number of halogens is 2. The topological polar surface area (TPSA) is 123 Å². The molecule has 166 valence electrons. The van der Waals surface area contributed by atoms with E-state index in [4.69, 9.17) is 32.7 Å². The molecule has 31 heavy (non-hydrogen) atoms. The lowest BCUT2D eigenvalue weighted by Gasteiger charge is -2.27. The van der Waals surface area contributed by atoms with Crippen LogP contribution in [0.15, 0.2) is 6.20 Å². The van der Waals surface area contributed by atoms with Crippen LogP contribution in [0.3, 0.4) is 0 Å². The van der Waals surface area contributed by atoms with Crippen LogP contribution in [0.25, 0.3) is 11.0 Å². The molecule has 4 heterocycles. The molecule has 1 aliphatic heterocycles. The Bertz CT molecular complexity index is 1120. The third-order valence-electron chi connectivity index (χ3n) is 5.24. The van der Waals surface area contributed by atoms with Gasteiger partial charge in [0.2, 0.25) is 5.28 Å². The van der Waals surface area contributed by atoms with Crippen molar-refractivity contribution in [3.63, 3.8) is 0 Å². The number of fused-ring (bicyclic) bond motifs is 1. The fraction of sp³-hybridized carbons (Fsp3) is 0.556. The number of ether oxygens (including phenoxy) is 2. The number of nitro groups is 1. The Kier molecular flexibility index (Phi) is 6.26. The van der Waals surface area contributed by atoms with Crippen molar-refractivity contribution in [2.75, 3.05) is 13.2 Å². The predicted octanol–water partition coefficient (Wildman–Crippen LogP) is 3.76. The van der Waals surface area contributed by atoms with E-state index in [-0.39, 0.29) is 40.8 Å². The number of rotatable bonds is 7. The molecule has 0 aromatic carbocycles. The van der Waals surface area contributed by atoms with Gasteiger partial charge in [-0.05, 0) is 38.3 Å². The van der Waals surface area contributed by atoms with Crippen molar-refractivity contribution in [1.29, 1.82) is 0 Å². The third kappa shape index (κ3) is 4.43. The quantitative estimate of drug-likeness (QED) is 0.221. The summed E-state index contributed by atoms with van der Waals surface area (Å²) in [7, 11) is 0. The van der Waals surface area contributed by atoms with E-state index in [1.165, 1.54) is 6.20 Å². The molecule has 2 atom stereocenters. The first-order valence-electron chi connectivity index (χ1n) is 9.87. The highest BCUT2D eigenvalue weighted by atomic mass is 35.5. The van der Waals surface area contributed by atoms with E-state index in [2.05, 4.69) is 20.2 Å². The lowest BCUT2D eigenvalue weighted by Crippen LogP contribution is -2.26. The van der Waals surface area contributed by atoms with Gasteiger partial charge in [-0.3, -0.25) is 14.8 Å². The molecule has 0 spiro atoms. The summed E-state index contributed by atoms with van der Waals surface area (Å²) in [5.74, 6) is 0.0235. The average Bonchev–Trinajstić information content (AvgIpc) is 3.21. The molecule has 1 saturated heterocycles. The van der Waals surface area contributed by atoms with Crippen molar-refractivity contribution in [3.8, 4) is 5.88 Å². The Morgan fingerprint density at radius 3 is 2.94 bits per heavy atom. The molecule has 3 aromatic rings. The fourth-order valence-corrected chi connectivity index (χ4v) is 4.14. The van der Waals surface area contributed by atoms with Crippen LogP contribution >= 0.6 is 23.2 Å². The monoisotopic (exact) mass is 469 g/mol. The average molecular weight is 470 g/mol. The SMILES string of the molecule is Cc1c([N+](=O)[O-])c(OCCCn2nc(Cl)c3cnc(Cl)nc32)nn1C1CCO[C@@H](C)C1. The minimum absolute atomic E-state index is 0.0235. The summed E-state index contributed by atoms with van der Waals surface area (Å²) in [5.41, 5.74) is 0.895. The van der Waals surface area contributed by atoms with Gasteiger partial charge in [-0.2, -0.15) is 10.1 Å². The summed E-state index contributed by atoms with van der Waals surface area (Å²) in [6.45, 7) is 4.92. The zero-order valence-corrected chi connectivity index (χ0v) is 18.5. The van der Waals surface area contributed by atoms with E-state index in [0.717, 1.165) is 12.8 Å². The number of nitrogens with zero attached hydrogens (tertiary/aromatic N) is 7. The molecule has 0 saturated carbocycles. The summed E-state index contributed by atoms with van der Waals surface area (Å²) in [5, 5.41) is 21.3. The number of hydrogen-bond donors (Lipinski definition) is 0. The van der Waals surface area contributed by atoms with Crippen LogP contribution in [0.4, 0.5) is 5.69 Å². The molecular weight excluding hydrogens is 449 g/mol. The van der Waals surface area contributed by atoms with Crippen LogP contribution < -0.4 is 4.74 Å². The van der Waals surface area contributed by atoms with E-state index in [0.29, 0.717) is 36.3 Å². The van der Waals surface area contributed by atoms with Gasteiger partial charge >= 0.3 is 11.6 Å². The zero-order valence-electron chi connectivity index (χ0n) is 17.0. The number of aryl methyl sites for hydroxylation is 1. The Hall–Kier alpha value is -2.50. The molecule has 1 aliphatic rings. The van der Waals surface area contributed by atoms with Crippen molar-refractivity contribution in [2.45, 2.75) is 51.8 Å². The Balaban J connectivity index is 1.45. The van der Waals surface area contributed by atoms with Crippen LogP contribution in [-0.4, -0.2) is 53.8 Å². The highest BCUT2D eigenvalue weighted by Gasteiger charge is 2.31. The van der Waals surface area contributed by atoms with E-state index in [9.17, 15) is 10.1 Å². The van der Waals surface area contributed by atoms with Crippen LogP contribution in [0.5, 0.6) is 5.88 Å². The Morgan fingerprint density at radius 1 is 1.39 bits per heavy atom. The summed E-state index contributed by atoms with van der Waals surface area (Å²) in [6, 6.07) is 0.0433. The van der Waals surface area contributed by atoms with Crippen molar-refractivity contribution < 1.29 is 14.4 Å². The summed E-state index contributed by atoms with van der Waals surface area (Å²) < 4.78 is 14.6. The van der Waals surface area contributed by atoms with Gasteiger partial charge in [-0.25, -0.2) is 9.67 Å². The molecule has 11 nitrogen and oxygen atoms in total. The summed E-state index contributed by atoms with van der Waals surface area (Å²) >= 11 is 12.0. The van der Waals surface area contributed by atoms with Crippen LogP contribution in [0, 0.1) is 17.0 Å². The first-order chi connectivity index (χ1) is 14.8. The molecule has 3 aromatic heterocycles. The highest BCUT2D eigenvalue weighted by molar-refractivity contribution is 6.34. The standard InChI is InChI=1S/C18H21Cl2N7O4/c1-10-8-12(4-7-30-10)26-11(2)14(27(28)29)17(24-26)31-6-3-5-25-16-13(15(19)23-25)9-21-18(20)22-16/h9-10,12H,3-8H2,1-2H3/t10-,12?/m0/s1. The lowest BCUT2D eigenvalue weighted by atomic mass is 10.0. The molecule has 1 unspecified atom stereocenters. The van der Waals surface area contributed by atoms with Crippen molar-refractivity contribution in [2.24, 2.45) is 0 Å². The van der Waals surface area contributed by atoms with Gasteiger partial charge in [0.1, 0.15) is 5.69 Å². The van der Waals surface area contributed by atoms with Crippen molar-refractivity contribution in [3.05, 3.63) is 32.4 Å². The predicted molar refractivity (Wildman–Crippen MR) is 113 cm³/mol. The fourth-order valence-electron chi connectivity index (χ4n) is 3.78. The minimum atomic E-state index is -0.448. The molecule has 0 radical (unpaired) electrons. The Labute approximate surface area is 187 Å². The molecule has 1 fully saturated rings. The van der Waals surface area contributed by atoms with E-state index < -0.39 is 4.92 Å². The van der Waals surface area contributed by atoms with Gasteiger partial charge in [-0.1, -0.05) is 11.6 Å². The maximum Gasteiger partial charge on any atom is 0.352 e. The van der Waals surface area contributed by atoms with E-state index in [1.54, 1.807) is 16.3 Å². The van der Waals surface area contributed by atoms with Crippen LogP contribution in [0.1, 0.15) is 37.9 Å². The zero-order chi connectivity index (χ0) is 22.1. The molecule has 0 amide bonds. The van der Waals surface area contributed by atoms with Crippen molar-refractivity contribution >= 4 is 39.9 Å². The second-order valence-corrected chi connectivity index (χ2v) is 8.09. The van der Waals surface area contributed by atoms with Gasteiger partial charge in [0.15, 0.2) is 10.8 Å². The molecular formula is C18H21Cl2N7O4. The minimum Gasteiger partial charge on any atom is -0.472 e. The molecule has 13 heteroatoms. The lowest BCUT2D eigenvalue weighted by molar-refractivity contribution is -0.386. The van der Waals surface area contributed by atoms with Crippen LogP contribution in [-0.2, 0) is 11.3 Å². The maximum absolute atomic E-state index is 11.6. The Morgan fingerprint density at radius 2 is 2.19 bits per heavy atom. The molecule has 0 bridgehead atoms. The van der Waals surface area contributed by atoms with E-state index >= 15 is 0 Å². The number of aromatic nitrogens is 6. The third-order valence-corrected chi connectivity index (χ3v) is 5.70.